The standard InChI is InChI=1S/C23H23N3O6/c1-25(2)17-12-11-14(13-16(17)21(27)30-3)19-18(22(28)31-4)20(23(29)32-5)26(24-19)15-9-7-6-8-10-15/h6-13H,1-5H3. The molecule has 0 aliphatic heterocycles. The van der Waals surface area contributed by atoms with Gasteiger partial charge in [0.05, 0.1) is 38.3 Å². The molecule has 0 saturated carbocycles. The highest BCUT2D eigenvalue weighted by Crippen LogP contribution is 2.32. The van der Waals surface area contributed by atoms with Crippen molar-refractivity contribution in [2.24, 2.45) is 0 Å². The molecule has 166 valence electrons. The van der Waals surface area contributed by atoms with Crippen molar-refractivity contribution in [2.45, 2.75) is 0 Å². The first-order valence-corrected chi connectivity index (χ1v) is 9.59. The number of rotatable bonds is 6. The van der Waals surface area contributed by atoms with Crippen molar-refractivity contribution >= 4 is 23.6 Å². The highest BCUT2D eigenvalue weighted by molar-refractivity contribution is 6.07. The number of esters is 3. The summed E-state index contributed by atoms with van der Waals surface area (Å²) in [5.41, 5.74) is 1.87. The number of nitrogens with zero attached hydrogens (tertiary/aromatic N) is 3. The molecule has 3 aromatic rings. The van der Waals surface area contributed by atoms with Gasteiger partial charge in [-0.25, -0.2) is 19.1 Å². The number of benzene rings is 2. The van der Waals surface area contributed by atoms with Gasteiger partial charge in [-0.2, -0.15) is 5.10 Å². The average molecular weight is 437 g/mol. The van der Waals surface area contributed by atoms with E-state index in [1.54, 1.807) is 61.5 Å². The first kappa shape index (κ1) is 22.5. The van der Waals surface area contributed by atoms with Crippen molar-refractivity contribution in [2.75, 3.05) is 40.3 Å². The Morgan fingerprint density at radius 2 is 1.47 bits per heavy atom. The fourth-order valence-corrected chi connectivity index (χ4v) is 3.30. The minimum Gasteiger partial charge on any atom is -0.465 e. The van der Waals surface area contributed by atoms with Crippen LogP contribution in [0.2, 0.25) is 0 Å². The van der Waals surface area contributed by atoms with Crippen LogP contribution < -0.4 is 4.90 Å². The van der Waals surface area contributed by atoms with Crippen LogP contribution in [0.15, 0.2) is 48.5 Å². The second kappa shape index (κ2) is 9.34. The normalized spacial score (nSPS) is 10.4. The molecular formula is C23H23N3O6. The molecule has 0 aliphatic carbocycles. The number of hydrogen-bond acceptors (Lipinski definition) is 8. The largest absolute Gasteiger partial charge is 0.465 e. The van der Waals surface area contributed by atoms with E-state index in [1.807, 2.05) is 6.07 Å². The molecule has 0 amide bonds. The zero-order valence-electron chi connectivity index (χ0n) is 18.4. The van der Waals surface area contributed by atoms with Crippen LogP contribution in [0.3, 0.4) is 0 Å². The van der Waals surface area contributed by atoms with E-state index in [2.05, 4.69) is 5.10 Å². The lowest BCUT2D eigenvalue weighted by Crippen LogP contribution is -2.16. The topological polar surface area (TPSA) is 100.0 Å². The number of carbonyl (C=O) groups is 3. The van der Waals surface area contributed by atoms with Crippen LogP contribution in [0.5, 0.6) is 0 Å². The summed E-state index contributed by atoms with van der Waals surface area (Å²) in [4.78, 5) is 39.6. The van der Waals surface area contributed by atoms with Crippen LogP contribution in [0.25, 0.3) is 16.9 Å². The van der Waals surface area contributed by atoms with E-state index in [0.717, 1.165) is 0 Å². The maximum atomic E-state index is 12.8. The van der Waals surface area contributed by atoms with Gasteiger partial charge < -0.3 is 19.1 Å². The van der Waals surface area contributed by atoms with Crippen LogP contribution >= 0.6 is 0 Å². The number of carbonyl (C=O) groups excluding carboxylic acids is 3. The Bertz CT molecular complexity index is 1170. The summed E-state index contributed by atoms with van der Waals surface area (Å²) in [6, 6.07) is 13.8. The molecule has 0 fully saturated rings. The third-order valence-corrected chi connectivity index (χ3v) is 4.81. The van der Waals surface area contributed by atoms with Crippen LogP contribution in [0.1, 0.15) is 31.2 Å². The predicted molar refractivity (Wildman–Crippen MR) is 117 cm³/mol. The lowest BCUT2D eigenvalue weighted by molar-refractivity contribution is 0.0549. The Kier molecular flexibility index (Phi) is 6.58. The summed E-state index contributed by atoms with van der Waals surface area (Å²) in [5.74, 6) is -2.07. The van der Waals surface area contributed by atoms with Crippen molar-refractivity contribution in [3.63, 3.8) is 0 Å². The molecule has 0 bridgehead atoms. The summed E-state index contributed by atoms with van der Waals surface area (Å²) >= 11 is 0. The summed E-state index contributed by atoms with van der Waals surface area (Å²) in [5, 5.41) is 4.54. The van der Waals surface area contributed by atoms with Crippen molar-refractivity contribution in [3.8, 4) is 16.9 Å². The fraction of sp³-hybridized carbons (Fsp3) is 0.217. The third-order valence-electron chi connectivity index (χ3n) is 4.81. The lowest BCUT2D eigenvalue weighted by Gasteiger charge is -2.17. The molecule has 0 atom stereocenters. The quantitative estimate of drug-likeness (QED) is 0.429. The Morgan fingerprint density at radius 1 is 0.844 bits per heavy atom. The minimum atomic E-state index is -0.765. The van der Waals surface area contributed by atoms with Gasteiger partial charge in [0.1, 0.15) is 11.3 Å². The van der Waals surface area contributed by atoms with E-state index in [4.69, 9.17) is 14.2 Å². The number of hydrogen-bond donors (Lipinski definition) is 0. The van der Waals surface area contributed by atoms with E-state index in [1.165, 1.54) is 26.0 Å². The molecule has 0 spiro atoms. The molecule has 32 heavy (non-hydrogen) atoms. The molecular weight excluding hydrogens is 414 g/mol. The minimum absolute atomic E-state index is 0.0726. The maximum absolute atomic E-state index is 12.8. The van der Waals surface area contributed by atoms with E-state index < -0.39 is 17.9 Å². The highest BCUT2D eigenvalue weighted by Gasteiger charge is 2.32. The second-order valence-corrected chi connectivity index (χ2v) is 6.92. The van der Waals surface area contributed by atoms with E-state index in [-0.39, 0.29) is 22.5 Å². The molecule has 1 aromatic heterocycles. The van der Waals surface area contributed by atoms with Crippen LogP contribution in [-0.2, 0) is 14.2 Å². The zero-order valence-corrected chi connectivity index (χ0v) is 18.4. The van der Waals surface area contributed by atoms with Gasteiger partial charge in [-0.05, 0) is 24.3 Å². The van der Waals surface area contributed by atoms with Crippen LogP contribution in [0, 0.1) is 0 Å². The van der Waals surface area contributed by atoms with Crippen LogP contribution in [-0.4, -0.2) is 63.1 Å². The maximum Gasteiger partial charge on any atom is 0.357 e. The number of methoxy groups -OCH3 is 3. The Balaban J connectivity index is 2.36. The second-order valence-electron chi connectivity index (χ2n) is 6.92. The van der Waals surface area contributed by atoms with Gasteiger partial charge in [-0.15, -0.1) is 0 Å². The average Bonchev–Trinajstić information content (AvgIpc) is 3.23. The van der Waals surface area contributed by atoms with Gasteiger partial charge in [0, 0.05) is 19.7 Å². The van der Waals surface area contributed by atoms with E-state index in [0.29, 0.717) is 16.9 Å². The number of ether oxygens (including phenoxy) is 3. The third kappa shape index (κ3) is 4.04. The molecule has 2 aromatic carbocycles. The fourth-order valence-electron chi connectivity index (χ4n) is 3.30. The first-order chi connectivity index (χ1) is 15.3. The molecule has 1 heterocycles. The van der Waals surface area contributed by atoms with Crippen molar-refractivity contribution in [3.05, 3.63) is 65.4 Å². The lowest BCUT2D eigenvalue weighted by atomic mass is 10.0. The Morgan fingerprint density at radius 3 is 2.03 bits per heavy atom. The van der Waals surface area contributed by atoms with Gasteiger partial charge in [0.15, 0.2) is 5.69 Å². The molecule has 9 heteroatoms. The number of anilines is 1. The molecule has 0 radical (unpaired) electrons. The zero-order chi connectivity index (χ0) is 23.4. The van der Waals surface area contributed by atoms with Crippen molar-refractivity contribution in [1.29, 1.82) is 0 Å². The Hall–Kier alpha value is -4.14. The monoisotopic (exact) mass is 437 g/mol. The smallest absolute Gasteiger partial charge is 0.357 e. The predicted octanol–water partition coefficient (Wildman–Crippen LogP) is 2.97. The SMILES string of the molecule is COC(=O)c1cc(-c2nn(-c3ccccc3)c(C(=O)OC)c2C(=O)OC)ccc1N(C)C. The van der Waals surface area contributed by atoms with Gasteiger partial charge in [-0.1, -0.05) is 24.3 Å². The summed E-state index contributed by atoms with van der Waals surface area (Å²) in [6.07, 6.45) is 0. The van der Waals surface area contributed by atoms with Crippen molar-refractivity contribution in [1.82, 2.24) is 9.78 Å². The number of aromatic nitrogens is 2. The summed E-state index contributed by atoms with van der Waals surface area (Å²) in [7, 11) is 7.30. The van der Waals surface area contributed by atoms with Gasteiger partial charge in [0.2, 0.25) is 0 Å². The van der Waals surface area contributed by atoms with Crippen LogP contribution in [0.4, 0.5) is 5.69 Å². The first-order valence-electron chi connectivity index (χ1n) is 9.59. The molecule has 0 N–H and O–H groups in total. The van der Waals surface area contributed by atoms with E-state index in [9.17, 15) is 14.4 Å². The van der Waals surface area contributed by atoms with Gasteiger partial charge in [0.25, 0.3) is 0 Å². The highest BCUT2D eigenvalue weighted by atomic mass is 16.5. The molecule has 0 aliphatic rings. The number of para-hydroxylation sites is 1. The summed E-state index contributed by atoms with van der Waals surface area (Å²) < 4.78 is 16.1. The van der Waals surface area contributed by atoms with E-state index >= 15 is 0 Å². The summed E-state index contributed by atoms with van der Waals surface area (Å²) in [6.45, 7) is 0. The molecule has 0 unspecified atom stereocenters. The van der Waals surface area contributed by atoms with Gasteiger partial charge in [-0.3, -0.25) is 0 Å². The molecule has 3 rings (SSSR count). The molecule has 9 nitrogen and oxygen atoms in total. The van der Waals surface area contributed by atoms with Crippen molar-refractivity contribution < 1.29 is 28.6 Å². The molecule has 0 saturated heterocycles. The Labute approximate surface area is 185 Å². The van der Waals surface area contributed by atoms with Gasteiger partial charge >= 0.3 is 17.9 Å².